The van der Waals surface area contributed by atoms with Crippen LogP contribution in [0.3, 0.4) is 0 Å². The van der Waals surface area contributed by atoms with E-state index in [1.54, 1.807) is 0 Å². The minimum Gasteiger partial charge on any atom is -0.481 e. The third-order valence-electron chi connectivity index (χ3n) is 2.97. The van der Waals surface area contributed by atoms with E-state index in [2.05, 4.69) is 5.32 Å². The van der Waals surface area contributed by atoms with Crippen LogP contribution in [0.25, 0.3) is 0 Å². The highest BCUT2D eigenvalue weighted by Crippen LogP contribution is 2.25. The Labute approximate surface area is 95.8 Å². The van der Waals surface area contributed by atoms with Crippen molar-refractivity contribution in [3.8, 4) is 0 Å². The van der Waals surface area contributed by atoms with Gasteiger partial charge in [0.15, 0.2) is 0 Å². The topological polar surface area (TPSA) is 69.6 Å². The molecule has 1 saturated carbocycles. The van der Waals surface area contributed by atoms with Gasteiger partial charge < -0.3 is 15.3 Å². The molecule has 1 amide bonds. The van der Waals surface area contributed by atoms with E-state index >= 15 is 0 Å². The van der Waals surface area contributed by atoms with E-state index in [4.69, 9.17) is 5.11 Å². The normalized spacial score (nSPS) is 24.7. The predicted molar refractivity (Wildman–Crippen MR) is 60.1 cm³/mol. The lowest BCUT2D eigenvalue weighted by Crippen LogP contribution is -2.40. The molecule has 16 heavy (non-hydrogen) atoms. The van der Waals surface area contributed by atoms with Crippen molar-refractivity contribution in [3.05, 3.63) is 0 Å². The summed E-state index contributed by atoms with van der Waals surface area (Å²) in [5.74, 6) is -1.24. The van der Waals surface area contributed by atoms with Gasteiger partial charge in [-0.2, -0.15) is 0 Å². The van der Waals surface area contributed by atoms with Gasteiger partial charge in [0.2, 0.25) is 5.91 Å². The molecule has 0 radical (unpaired) electrons. The molecule has 2 unspecified atom stereocenters. The highest BCUT2D eigenvalue weighted by atomic mass is 16.4. The Morgan fingerprint density at radius 3 is 2.62 bits per heavy atom. The lowest BCUT2D eigenvalue weighted by atomic mass is 10.0. The zero-order valence-electron chi connectivity index (χ0n) is 9.90. The van der Waals surface area contributed by atoms with Gasteiger partial charge in [-0.25, -0.2) is 0 Å². The molecule has 0 aromatic rings. The van der Waals surface area contributed by atoms with Crippen LogP contribution >= 0.6 is 0 Å². The smallest absolute Gasteiger partial charge is 0.308 e. The van der Waals surface area contributed by atoms with Gasteiger partial charge in [0.1, 0.15) is 0 Å². The first-order valence-corrected chi connectivity index (χ1v) is 5.67. The molecular weight excluding hydrogens is 208 g/mol. The second kappa shape index (κ2) is 5.84. The summed E-state index contributed by atoms with van der Waals surface area (Å²) in [7, 11) is 3.81. The Balaban J connectivity index is 2.35. The molecule has 5 nitrogen and oxygen atoms in total. The van der Waals surface area contributed by atoms with Crippen LogP contribution < -0.4 is 5.32 Å². The van der Waals surface area contributed by atoms with Crippen LogP contribution in [-0.2, 0) is 9.59 Å². The highest BCUT2D eigenvalue weighted by molar-refractivity contribution is 5.78. The average molecular weight is 228 g/mol. The molecule has 2 atom stereocenters. The quantitative estimate of drug-likeness (QED) is 0.710. The molecule has 0 aliphatic heterocycles. The minimum absolute atomic E-state index is 0.0492. The van der Waals surface area contributed by atoms with Crippen molar-refractivity contribution in [2.45, 2.75) is 31.7 Å². The number of rotatable bonds is 5. The Morgan fingerprint density at radius 2 is 2.06 bits per heavy atom. The number of carbonyl (C=O) groups excluding carboxylic acids is 1. The maximum Gasteiger partial charge on any atom is 0.308 e. The molecule has 2 N–H and O–H groups in total. The number of nitrogens with one attached hydrogen (secondary N) is 1. The van der Waals surface area contributed by atoms with Gasteiger partial charge in [0, 0.05) is 19.0 Å². The van der Waals surface area contributed by atoms with Crippen LogP contribution in [0.4, 0.5) is 0 Å². The number of amides is 1. The molecule has 1 rings (SSSR count). The molecule has 0 aromatic carbocycles. The van der Waals surface area contributed by atoms with Crippen LogP contribution in [0, 0.1) is 5.92 Å². The standard InChI is InChI=1S/C11H20N2O3/c1-13(2)7-6-10(14)12-9-5-3-4-8(9)11(15)16/h8-9H,3-7H2,1-2H3,(H,12,14)(H,15,16). The van der Waals surface area contributed by atoms with Gasteiger partial charge in [0.05, 0.1) is 5.92 Å². The van der Waals surface area contributed by atoms with Crippen LogP contribution in [0.2, 0.25) is 0 Å². The summed E-state index contributed by atoms with van der Waals surface area (Å²) in [6.07, 6.45) is 2.77. The van der Waals surface area contributed by atoms with E-state index in [-0.39, 0.29) is 11.9 Å². The van der Waals surface area contributed by atoms with Crippen LogP contribution in [0.1, 0.15) is 25.7 Å². The summed E-state index contributed by atoms with van der Waals surface area (Å²) in [5, 5.41) is 11.8. The summed E-state index contributed by atoms with van der Waals surface area (Å²) in [6.45, 7) is 0.691. The van der Waals surface area contributed by atoms with Crippen molar-refractivity contribution >= 4 is 11.9 Å². The third kappa shape index (κ3) is 3.81. The molecule has 1 fully saturated rings. The predicted octanol–water partition coefficient (Wildman–Crippen LogP) is 0.308. The number of hydrogen-bond donors (Lipinski definition) is 2. The summed E-state index contributed by atoms with van der Waals surface area (Å²) in [5.41, 5.74) is 0. The number of nitrogens with zero attached hydrogens (tertiary/aromatic N) is 1. The molecule has 92 valence electrons. The molecule has 0 saturated heterocycles. The summed E-state index contributed by atoms with van der Waals surface area (Å²) < 4.78 is 0. The first kappa shape index (κ1) is 13.0. The highest BCUT2D eigenvalue weighted by Gasteiger charge is 2.33. The number of carbonyl (C=O) groups is 2. The van der Waals surface area contributed by atoms with Crippen molar-refractivity contribution in [2.24, 2.45) is 5.92 Å². The maximum atomic E-state index is 11.5. The van der Waals surface area contributed by atoms with Crippen molar-refractivity contribution in [3.63, 3.8) is 0 Å². The molecule has 0 spiro atoms. The van der Waals surface area contributed by atoms with Gasteiger partial charge in [0.25, 0.3) is 0 Å². The van der Waals surface area contributed by atoms with Crippen molar-refractivity contribution in [1.82, 2.24) is 10.2 Å². The fraction of sp³-hybridized carbons (Fsp3) is 0.818. The van der Waals surface area contributed by atoms with E-state index in [9.17, 15) is 9.59 Å². The molecule has 0 bridgehead atoms. The molecule has 5 heteroatoms. The van der Waals surface area contributed by atoms with E-state index in [1.807, 2.05) is 19.0 Å². The minimum atomic E-state index is -0.796. The molecule has 0 heterocycles. The first-order valence-electron chi connectivity index (χ1n) is 5.67. The fourth-order valence-electron chi connectivity index (χ4n) is 2.03. The molecule has 0 aromatic heterocycles. The number of hydrogen-bond acceptors (Lipinski definition) is 3. The Hall–Kier alpha value is -1.10. The van der Waals surface area contributed by atoms with E-state index in [0.717, 1.165) is 12.8 Å². The van der Waals surface area contributed by atoms with Crippen LogP contribution in [0.15, 0.2) is 0 Å². The molecular formula is C11H20N2O3. The SMILES string of the molecule is CN(C)CCC(=O)NC1CCCC1C(=O)O. The second-order valence-electron chi connectivity index (χ2n) is 4.60. The van der Waals surface area contributed by atoms with Gasteiger partial charge >= 0.3 is 5.97 Å². The van der Waals surface area contributed by atoms with E-state index < -0.39 is 11.9 Å². The zero-order valence-corrected chi connectivity index (χ0v) is 9.90. The average Bonchev–Trinajstić information content (AvgIpc) is 2.62. The third-order valence-corrected chi connectivity index (χ3v) is 2.97. The van der Waals surface area contributed by atoms with Gasteiger partial charge in [-0.05, 0) is 26.9 Å². The lowest BCUT2D eigenvalue weighted by molar-refractivity contribution is -0.142. The first-order chi connectivity index (χ1) is 7.50. The number of aliphatic carboxylic acids is 1. The fourth-order valence-corrected chi connectivity index (χ4v) is 2.03. The summed E-state index contributed by atoms with van der Waals surface area (Å²) >= 11 is 0. The van der Waals surface area contributed by atoms with Crippen molar-refractivity contribution in [2.75, 3.05) is 20.6 Å². The lowest BCUT2D eigenvalue weighted by Gasteiger charge is -2.18. The second-order valence-corrected chi connectivity index (χ2v) is 4.60. The van der Waals surface area contributed by atoms with Gasteiger partial charge in [-0.15, -0.1) is 0 Å². The Bertz CT molecular complexity index is 266. The van der Waals surface area contributed by atoms with Crippen molar-refractivity contribution < 1.29 is 14.7 Å². The molecule has 1 aliphatic carbocycles. The van der Waals surface area contributed by atoms with Crippen molar-refractivity contribution in [1.29, 1.82) is 0 Å². The molecule has 1 aliphatic rings. The summed E-state index contributed by atoms with van der Waals surface area (Å²) in [6, 6.07) is -0.174. The van der Waals surface area contributed by atoms with Crippen LogP contribution in [0.5, 0.6) is 0 Å². The Morgan fingerprint density at radius 1 is 1.38 bits per heavy atom. The monoisotopic (exact) mass is 228 g/mol. The largest absolute Gasteiger partial charge is 0.481 e. The van der Waals surface area contributed by atoms with Gasteiger partial charge in [-0.1, -0.05) is 6.42 Å². The van der Waals surface area contributed by atoms with E-state index in [1.165, 1.54) is 0 Å². The number of carboxylic acid groups (broad SMARTS) is 1. The number of carboxylic acids is 1. The summed E-state index contributed by atoms with van der Waals surface area (Å²) in [4.78, 5) is 24.4. The maximum absolute atomic E-state index is 11.5. The van der Waals surface area contributed by atoms with E-state index in [0.29, 0.717) is 19.4 Å². The zero-order chi connectivity index (χ0) is 12.1. The Kier molecular flexibility index (Phi) is 4.73. The van der Waals surface area contributed by atoms with Crippen LogP contribution in [-0.4, -0.2) is 48.6 Å². The van der Waals surface area contributed by atoms with Gasteiger partial charge in [-0.3, -0.25) is 9.59 Å².